The van der Waals surface area contributed by atoms with Gasteiger partial charge in [0.15, 0.2) is 5.17 Å². The maximum atomic E-state index is 12.1. The van der Waals surface area contributed by atoms with Crippen molar-refractivity contribution in [2.24, 2.45) is 10.2 Å². The SMILES string of the molecule is O=C(CC1S/C(=N/N=C/C=C/c2ccccc2)NC1=O)Nc1ccccc1. The maximum Gasteiger partial charge on any atom is 0.240 e. The molecule has 1 heterocycles. The van der Waals surface area contributed by atoms with Crippen LogP contribution < -0.4 is 10.6 Å². The van der Waals surface area contributed by atoms with E-state index < -0.39 is 5.25 Å². The molecular weight excluding hydrogens is 360 g/mol. The van der Waals surface area contributed by atoms with Gasteiger partial charge in [-0.1, -0.05) is 66.4 Å². The Hall–Kier alpha value is -3.19. The zero-order valence-electron chi connectivity index (χ0n) is 14.4. The summed E-state index contributed by atoms with van der Waals surface area (Å²) in [5.74, 6) is -0.457. The van der Waals surface area contributed by atoms with Crippen LogP contribution >= 0.6 is 11.8 Å². The third kappa shape index (κ3) is 5.93. The maximum absolute atomic E-state index is 12.1. The number of nitrogens with zero attached hydrogens (tertiary/aromatic N) is 2. The van der Waals surface area contributed by atoms with Crippen molar-refractivity contribution in [3.05, 3.63) is 72.3 Å². The molecule has 2 amide bonds. The molecule has 0 aliphatic carbocycles. The van der Waals surface area contributed by atoms with Crippen molar-refractivity contribution in [1.82, 2.24) is 5.32 Å². The Labute approximate surface area is 161 Å². The summed E-state index contributed by atoms with van der Waals surface area (Å²) in [6.07, 6.45) is 5.29. The van der Waals surface area contributed by atoms with Gasteiger partial charge in [-0.25, -0.2) is 0 Å². The average Bonchev–Trinajstić information content (AvgIpc) is 3.02. The standard InChI is InChI=1S/C20H18N4O2S/c25-18(22-16-11-5-2-6-12-16)14-17-19(26)23-20(27-17)24-21-13-7-10-15-8-3-1-4-9-15/h1-13,17H,14H2,(H,22,25)(H,23,24,26)/b10-7+,21-13+. The van der Waals surface area contributed by atoms with E-state index in [0.717, 1.165) is 5.56 Å². The number of hydrogen-bond acceptors (Lipinski definition) is 5. The van der Waals surface area contributed by atoms with Crippen molar-refractivity contribution in [2.75, 3.05) is 5.32 Å². The second-order valence-corrected chi connectivity index (χ2v) is 6.85. The summed E-state index contributed by atoms with van der Waals surface area (Å²) < 4.78 is 0. The van der Waals surface area contributed by atoms with Crippen molar-refractivity contribution in [1.29, 1.82) is 0 Å². The Morgan fingerprint density at radius 1 is 1.11 bits per heavy atom. The van der Waals surface area contributed by atoms with Gasteiger partial charge in [-0.3, -0.25) is 9.59 Å². The molecule has 136 valence electrons. The van der Waals surface area contributed by atoms with Crippen LogP contribution in [0.3, 0.4) is 0 Å². The Morgan fingerprint density at radius 2 is 1.81 bits per heavy atom. The smallest absolute Gasteiger partial charge is 0.240 e. The molecule has 1 aliphatic heterocycles. The van der Waals surface area contributed by atoms with Gasteiger partial charge in [0.1, 0.15) is 5.25 Å². The topological polar surface area (TPSA) is 82.9 Å². The molecule has 7 heteroatoms. The largest absolute Gasteiger partial charge is 0.326 e. The van der Waals surface area contributed by atoms with Crippen LogP contribution in [-0.2, 0) is 9.59 Å². The van der Waals surface area contributed by atoms with Crippen LogP contribution in [0.2, 0.25) is 0 Å². The number of amidine groups is 1. The molecule has 1 atom stereocenters. The van der Waals surface area contributed by atoms with Crippen LogP contribution in [0.1, 0.15) is 12.0 Å². The molecule has 2 aromatic carbocycles. The second-order valence-electron chi connectivity index (χ2n) is 5.65. The molecule has 1 saturated heterocycles. The van der Waals surface area contributed by atoms with Gasteiger partial charge < -0.3 is 10.6 Å². The van der Waals surface area contributed by atoms with Crippen molar-refractivity contribution in [3.8, 4) is 0 Å². The van der Waals surface area contributed by atoms with Gasteiger partial charge in [0, 0.05) is 18.3 Å². The molecular formula is C20H18N4O2S. The van der Waals surface area contributed by atoms with Crippen molar-refractivity contribution in [2.45, 2.75) is 11.7 Å². The van der Waals surface area contributed by atoms with Crippen molar-refractivity contribution >= 4 is 46.7 Å². The first-order chi connectivity index (χ1) is 13.2. The minimum atomic E-state index is -0.512. The number of nitrogens with one attached hydrogen (secondary N) is 2. The monoisotopic (exact) mass is 378 g/mol. The number of thioether (sulfide) groups is 1. The number of amides is 2. The number of allylic oxidation sites excluding steroid dienone is 1. The zero-order valence-corrected chi connectivity index (χ0v) is 15.2. The lowest BCUT2D eigenvalue weighted by molar-refractivity contribution is -0.122. The average molecular weight is 378 g/mol. The third-order valence-electron chi connectivity index (χ3n) is 3.59. The molecule has 1 fully saturated rings. The fraction of sp³-hybridized carbons (Fsp3) is 0.100. The van der Waals surface area contributed by atoms with E-state index in [1.165, 1.54) is 11.8 Å². The summed E-state index contributed by atoms with van der Waals surface area (Å²) in [4.78, 5) is 24.1. The lowest BCUT2D eigenvalue weighted by atomic mass is 10.2. The first-order valence-electron chi connectivity index (χ1n) is 8.36. The highest BCUT2D eigenvalue weighted by molar-refractivity contribution is 8.15. The molecule has 0 aromatic heterocycles. The van der Waals surface area contributed by atoms with Gasteiger partial charge in [0.2, 0.25) is 11.8 Å². The van der Waals surface area contributed by atoms with Crippen molar-refractivity contribution < 1.29 is 9.59 Å². The summed E-state index contributed by atoms with van der Waals surface area (Å²) in [6, 6.07) is 19.0. The van der Waals surface area contributed by atoms with Gasteiger partial charge in [-0.05, 0) is 23.8 Å². The number of rotatable bonds is 6. The van der Waals surface area contributed by atoms with Gasteiger partial charge in [-0.2, -0.15) is 5.10 Å². The lowest BCUT2D eigenvalue weighted by Gasteiger charge is -2.06. The molecule has 3 rings (SSSR count). The van der Waals surface area contributed by atoms with Crippen LogP contribution in [0.4, 0.5) is 5.69 Å². The van der Waals surface area contributed by atoms with Gasteiger partial charge in [0.05, 0.1) is 0 Å². The second kappa shape index (κ2) is 9.49. The fourth-order valence-corrected chi connectivity index (χ4v) is 3.25. The van der Waals surface area contributed by atoms with E-state index in [1.807, 2.05) is 54.6 Å². The molecule has 0 bridgehead atoms. The van der Waals surface area contributed by atoms with Gasteiger partial charge >= 0.3 is 0 Å². The molecule has 2 N–H and O–H groups in total. The fourth-order valence-electron chi connectivity index (χ4n) is 2.33. The van der Waals surface area contributed by atoms with E-state index in [9.17, 15) is 9.59 Å². The van der Waals surface area contributed by atoms with E-state index >= 15 is 0 Å². The summed E-state index contributed by atoms with van der Waals surface area (Å²) in [6.45, 7) is 0. The molecule has 6 nitrogen and oxygen atoms in total. The Balaban J connectivity index is 1.49. The Morgan fingerprint density at radius 3 is 2.56 bits per heavy atom. The Kier molecular flexibility index (Phi) is 6.54. The van der Waals surface area contributed by atoms with E-state index in [-0.39, 0.29) is 18.2 Å². The number of benzene rings is 2. The van der Waals surface area contributed by atoms with Gasteiger partial charge in [-0.15, -0.1) is 5.10 Å². The van der Waals surface area contributed by atoms with E-state index in [4.69, 9.17) is 0 Å². The van der Waals surface area contributed by atoms with E-state index in [0.29, 0.717) is 10.9 Å². The van der Waals surface area contributed by atoms with Crippen LogP contribution in [-0.4, -0.2) is 28.4 Å². The predicted octanol–water partition coefficient (Wildman–Crippen LogP) is 3.30. The zero-order chi connectivity index (χ0) is 18.9. The molecule has 0 radical (unpaired) electrons. The number of carbonyl (C=O) groups excluding carboxylic acids is 2. The summed E-state index contributed by atoms with van der Waals surface area (Å²) in [5, 5.41) is 13.2. The van der Waals surface area contributed by atoms with Crippen LogP contribution in [0.5, 0.6) is 0 Å². The third-order valence-corrected chi connectivity index (χ3v) is 4.67. The summed E-state index contributed by atoms with van der Waals surface area (Å²) >= 11 is 1.20. The first kappa shape index (κ1) is 18.6. The van der Waals surface area contributed by atoms with E-state index in [2.05, 4.69) is 20.8 Å². The number of hydrogen-bond donors (Lipinski definition) is 2. The minimum Gasteiger partial charge on any atom is -0.326 e. The van der Waals surface area contributed by atoms with E-state index in [1.54, 1.807) is 24.4 Å². The number of carbonyl (C=O) groups is 2. The Bertz CT molecular complexity index is 879. The molecule has 2 aromatic rings. The number of anilines is 1. The lowest BCUT2D eigenvalue weighted by Crippen LogP contribution is -2.28. The molecule has 1 aliphatic rings. The summed E-state index contributed by atoms with van der Waals surface area (Å²) in [7, 11) is 0. The minimum absolute atomic E-state index is 0.0715. The van der Waals surface area contributed by atoms with Crippen LogP contribution in [0.15, 0.2) is 76.9 Å². The molecule has 1 unspecified atom stereocenters. The highest BCUT2D eigenvalue weighted by Crippen LogP contribution is 2.23. The van der Waals surface area contributed by atoms with Crippen LogP contribution in [0.25, 0.3) is 6.08 Å². The molecule has 27 heavy (non-hydrogen) atoms. The molecule has 0 saturated carbocycles. The van der Waals surface area contributed by atoms with Gasteiger partial charge in [0.25, 0.3) is 0 Å². The summed E-state index contributed by atoms with van der Waals surface area (Å²) in [5.41, 5.74) is 1.76. The predicted molar refractivity (Wildman–Crippen MR) is 111 cm³/mol. The number of para-hydroxylation sites is 1. The quantitative estimate of drug-likeness (QED) is 0.598. The molecule has 0 spiro atoms. The highest BCUT2D eigenvalue weighted by Gasteiger charge is 2.32. The first-order valence-corrected chi connectivity index (χ1v) is 9.24. The van der Waals surface area contributed by atoms with Crippen molar-refractivity contribution in [3.63, 3.8) is 0 Å². The van der Waals surface area contributed by atoms with Crippen LogP contribution in [0, 0.1) is 0 Å². The highest BCUT2D eigenvalue weighted by atomic mass is 32.2. The normalized spacial score (nSPS) is 18.3.